The second-order valence-corrected chi connectivity index (χ2v) is 12.3. The fourth-order valence-corrected chi connectivity index (χ4v) is 6.92. The molecule has 13 nitrogen and oxygen atoms in total. The van der Waals surface area contributed by atoms with E-state index in [0.717, 1.165) is 36.9 Å². The van der Waals surface area contributed by atoms with E-state index in [2.05, 4.69) is 15.5 Å². The lowest BCUT2D eigenvalue weighted by Crippen LogP contribution is -2.48. The average Bonchev–Trinajstić information content (AvgIpc) is 3.10. The Bertz CT molecular complexity index is 1730. The average molecular weight is 642 g/mol. The lowest BCUT2D eigenvalue weighted by Gasteiger charge is -2.40. The third-order valence-corrected chi connectivity index (χ3v) is 9.29. The number of nitrogens with one attached hydrogen (secondary N) is 2. The van der Waals surface area contributed by atoms with Gasteiger partial charge in [0.05, 0.1) is 16.2 Å². The van der Waals surface area contributed by atoms with Gasteiger partial charge in [0, 0.05) is 79.5 Å². The fraction of sp³-hybridized carbons (Fsp3) is 0.412. The molecular formula is C34H39N7O6. The zero-order valence-electron chi connectivity index (χ0n) is 26.2. The van der Waals surface area contributed by atoms with E-state index < -0.39 is 22.6 Å². The van der Waals surface area contributed by atoms with Crippen molar-refractivity contribution >= 4 is 45.8 Å². The molecule has 0 bridgehead atoms. The van der Waals surface area contributed by atoms with Crippen LogP contribution in [0.1, 0.15) is 73.5 Å². The quantitative estimate of drug-likeness (QED) is 0.130. The van der Waals surface area contributed by atoms with Crippen molar-refractivity contribution in [1.82, 2.24) is 20.4 Å². The minimum Gasteiger partial charge on any atom is -0.351 e. The molecule has 0 unspecified atom stereocenters. The van der Waals surface area contributed by atoms with Crippen molar-refractivity contribution in [1.29, 1.82) is 0 Å². The van der Waals surface area contributed by atoms with Gasteiger partial charge in [-0.15, -0.1) is 0 Å². The summed E-state index contributed by atoms with van der Waals surface area (Å²) in [6.45, 7) is 5.08. The number of hydrogen-bond acceptors (Lipinski definition) is 9. The third-order valence-electron chi connectivity index (χ3n) is 9.29. The Balaban J connectivity index is 1.33. The first-order valence-electron chi connectivity index (χ1n) is 16.2. The first-order valence-corrected chi connectivity index (χ1v) is 16.2. The molecule has 2 saturated heterocycles. The molecule has 6 rings (SSSR count). The zero-order chi connectivity index (χ0) is 33.1. The van der Waals surface area contributed by atoms with Crippen LogP contribution in [-0.2, 0) is 0 Å². The topological polar surface area (TPSA) is 171 Å². The van der Waals surface area contributed by atoms with Gasteiger partial charge in [0.25, 0.3) is 29.3 Å². The van der Waals surface area contributed by atoms with Gasteiger partial charge in [0.1, 0.15) is 0 Å². The van der Waals surface area contributed by atoms with Gasteiger partial charge in [-0.3, -0.25) is 29.3 Å². The number of benzene rings is 3. The second-order valence-electron chi connectivity index (χ2n) is 12.3. The Morgan fingerprint density at radius 1 is 0.872 bits per heavy atom. The first kappa shape index (κ1) is 32.2. The number of rotatable bonds is 10. The van der Waals surface area contributed by atoms with E-state index >= 15 is 0 Å². The van der Waals surface area contributed by atoms with Crippen LogP contribution < -0.4 is 21.3 Å². The van der Waals surface area contributed by atoms with E-state index in [0.29, 0.717) is 49.5 Å². The molecule has 47 heavy (non-hydrogen) atoms. The molecule has 4 amide bonds. The molecule has 3 aromatic carbocycles. The van der Waals surface area contributed by atoms with E-state index in [1.54, 1.807) is 23.1 Å². The van der Waals surface area contributed by atoms with Gasteiger partial charge < -0.3 is 26.2 Å². The number of imide groups is 1. The molecule has 3 aromatic rings. The summed E-state index contributed by atoms with van der Waals surface area (Å²) in [5.74, 6) is -2.19. The molecule has 0 aliphatic carbocycles. The van der Waals surface area contributed by atoms with Crippen LogP contribution in [0, 0.1) is 10.1 Å². The van der Waals surface area contributed by atoms with Crippen LogP contribution in [0.2, 0.25) is 0 Å². The third kappa shape index (κ3) is 6.59. The lowest BCUT2D eigenvalue weighted by molar-refractivity contribution is -0.384. The Labute approximate surface area is 272 Å². The number of carbonyl (C=O) groups excluding carboxylic acids is 4. The zero-order valence-corrected chi connectivity index (χ0v) is 26.2. The highest BCUT2D eigenvalue weighted by atomic mass is 16.6. The van der Waals surface area contributed by atoms with Crippen LogP contribution in [0.15, 0.2) is 48.5 Å². The van der Waals surface area contributed by atoms with Gasteiger partial charge in [0.2, 0.25) is 0 Å². The summed E-state index contributed by atoms with van der Waals surface area (Å²) in [5, 5.41) is 18.3. The van der Waals surface area contributed by atoms with Crippen LogP contribution in [0.25, 0.3) is 10.8 Å². The molecule has 13 heteroatoms. The molecule has 0 spiro atoms. The lowest BCUT2D eigenvalue weighted by atomic mass is 9.92. The van der Waals surface area contributed by atoms with E-state index in [-0.39, 0.29) is 46.1 Å². The second kappa shape index (κ2) is 14.0. The molecule has 0 radical (unpaired) electrons. The van der Waals surface area contributed by atoms with Crippen LogP contribution in [0.5, 0.6) is 0 Å². The fourth-order valence-electron chi connectivity index (χ4n) is 6.92. The van der Waals surface area contributed by atoms with Crippen LogP contribution in [0.3, 0.4) is 0 Å². The van der Waals surface area contributed by atoms with Gasteiger partial charge in [-0.1, -0.05) is 18.6 Å². The summed E-state index contributed by atoms with van der Waals surface area (Å²) in [5.41, 5.74) is 5.75. The van der Waals surface area contributed by atoms with Crippen LogP contribution in [0.4, 0.5) is 11.4 Å². The highest BCUT2D eigenvalue weighted by molar-refractivity contribution is 6.36. The summed E-state index contributed by atoms with van der Waals surface area (Å²) < 4.78 is 0. The predicted molar refractivity (Wildman–Crippen MR) is 177 cm³/mol. The van der Waals surface area contributed by atoms with Gasteiger partial charge in [-0.05, 0) is 68.4 Å². The summed E-state index contributed by atoms with van der Waals surface area (Å²) in [7, 11) is 0. The highest BCUT2D eigenvalue weighted by Gasteiger charge is 2.37. The number of anilines is 1. The predicted octanol–water partition coefficient (Wildman–Crippen LogP) is 2.92. The maximum Gasteiger partial charge on any atom is 0.270 e. The molecule has 0 atom stereocenters. The summed E-state index contributed by atoms with van der Waals surface area (Å²) >= 11 is 0. The SMILES string of the molecule is NCCNCCNC(=O)c1cc(C(=O)N2CCC(N3CCCCC3)CC2)cc(N2C(=O)c3cccc4cc([N+](=O)[O-])cc(c34)C2=O)c1. The van der Waals surface area contributed by atoms with Crippen LogP contribution >= 0.6 is 0 Å². The number of likely N-dealkylation sites (tertiary alicyclic amines) is 2. The Morgan fingerprint density at radius 3 is 2.32 bits per heavy atom. The number of carbonyl (C=O) groups is 4. The number of amides is 4. The van der Waals surface area contributed by atoms with Crippen molar-refractivity contribution in [3.8, 4) is 0 Å². The molecule has 4 N–H and O–H groups in total. The minimum atomic E-state index is -0.772. The molecule has 0 aromatic heterocycles. The van der Waals surface area contributed by atoms with Crippen molar-refractivity contribution in [2.24, 2.45) is 5.73 Å². The van der Waals surface area contributed by atoms with Gasteiger partial charge >= 0.3 is 0 Å². The smallest absolute Gasteiger partial charge is 0.270 e. The van der Waals surface area contributed by atoms with Crippen molar-refractivity contribution in [3.05, 3.63) is 80.9 Å². The largest absolute Gasteiger partial charge is 0.351 e. The molecule has 3 aliphatic heterocycles. The highest BCUT2D eigenvalue weighted by Crippen LogP contribution is 2.36. The van der Waals surface area contributed by atoms with E-state index in [1.807, 2.05) is 0 Å². The van der Waals surface area contributed by atoms with E-state index in [9.17, 15) is 29.3 Å². The number of piperidine rings is 2. The number of nitro groups is 1. The number of nitrogens with two attached hydrogens (primary N) is 1. The maximum absolute atomic E-state index is 14.0. The number of nitro benzene ring substituents is 1. The van der Waals surface area contributed by atoms with Crippen molar-refractivity contribution in [2.45, 2.75) is 38.1 Å². The van der Waals surface area contributed by atoms with E-state index in [1.165, 1.54) is 43.5 Å². The maximum atomic E-state index is 14.0. The molecule has 3 aliphatic rings. The van der Waals surface area contributed by atoms with Crippen molar-refractivity contribution < 1.29 is 24.1 Å². The monoisotopic (exact) mass is 641 g/mol. The molecule has 3 heterocycles. The van der Waals surface area contributed by atoms with Crippen molar-refractivity contribution in [3.63, 3.8) is 0 Å². The molecule has 2 fully saturated rings. The standard InChI is InChI=1S/C34H39N7O6/c35-9-10-36-11-12-37-31(42)23-17-24(32(43)39-15-7-25(8-16-39)38-13-2-1-3-14-38)20-26(19-23)40-33(44)28-6-4-5-22-18-27(41(46)47)21-29(30(22)28)34(40)45/h4-6,17-21,25,36H,1-3,7-16,35H2,(H,37,42). The molecule has 246 valence electrons. The summed E-state index contributed by atoms with van der Waals surface area (Å²) in [6, 6.07) is 12.0. The summed E-state index contributed by atoms with van der Waals surface area (Å²) in [6.07, 6.45) is 5.33. The van der Waals surface area contributed by atoms with E-state index in [4.69, 9.17) is 5.73 Å². The number of nitrogens with zero attached hydrogens (tertiary/aromatic N) is 4. The Morgan fingerprint density at radius 2 is 1.60 bits per heavy atom. The van der Waals surface area contributed by atoms with Gasteiger partial charge in [-0.25, -0.2) is 4.90 Å². The molecular weight excluding hydrogens is 602 g/mol. The first-order chi connectivity index (χ1) is 22.8. The number of hydrogen-bond donors (Lipinski definition) is 3. The summed E-state index contributed by atoms with van der Waals surface area (Å²) in [4.78, 5) is 71.5. The Hall–Kier alpha value is -4.72. The van der Waals surface area contributed by atoms with Crippen molar-refractivity contribution in [2.75, 3.05) is 57.3 Å². The van der Waals surface area contributed by atoms with Gasteiger partial charge in [-0.2, -0.15) is 0 Å². The Kier molecular flexibility index (Phi) is 9.57. The minimum absolute atomic E-state index is 0.00195. The molecule has 0 saturated carbocycles. The normalized spacial score (nSPS) is 17.3. The van der Waals surface area contributed by atoms with Gasteiger partial charge in [0.15, 0.2) is 0 Å². The number of non-ortho nitro benzene ring substituents is 1. The van der Waals surface area contributed by atoms with Crippen LogP contribution in [-0.4, -0.2) is 96.8 Å².